The highest BCUT2D eigenvalue weighted by Crippen LogP contribution is 2.20. The summed E-state index contributed by atoms with van der Waals surface area (Å²) in [6.45, 7) is 1.90. The summed E-state index contributed by atoms with van der Waals surface area (Å²) in [5.74, 6) is -0.125. The molecule has 0 atom stereocenters. The van der Waals surface area contributed by atoms with Gasteiger partial charge in [-0.05, 0) is 56.2 Å². The lowest BCUT2D eigenvalue weighted by Gasteiger charge is -2.09. The summed E-state index contributed by atoms with van der Waals surface area (Å²) in [5.41, 5.74) is 1.94. The zero-order chi connectivity index (χ0) is 16.4. The van der Waals surface area contributed by atoms with Gasteiger partial charge in [0.05, 0.1) is 4.90 Å². The number of hydrogen-bond donors (Lipinski definition) is 2. The van der Waals surface area contributed by atoms with Crippen molar-refractivity contribution in [3.8, 4) is 0 Å². The Bertz CT molecular complexity index is 808. The van der Waals surface area contributed by atoms with Gasteiger partial charge in [-0.1, -0.05) is 17.7 Å². The maximum absolute atomic E-state index is 12.3. The van der Waals surface area contributed by atoms with Crippen LogP contribution in [0.5, 0.6) is 0 Å². The summed E-state index contributed by atoms with van der Waals surface area (Å²) in [4.78, 5) is 12.1. The van der Waals surface area contributed by atoms with Crippen LogP contribution in [-0.4, -0.2) is 20.4 Å². The van der Waals surface area contributed by atoms with Crippen LogP contribution in [-0.2, 0) is 10.0 Å². The van der Waals surface area contributed by atoms with Gasteiger partial charge in [-0.25, -0.2) is 8.42 Å². The zero-order valence-electron chi connectivity index (χ0n) is 12.7. The summed E-state index contributed by atoms with van der Waals surface area (Å²) in [6.07, 6.45) is 2.06. The minimum atomic E-state index is -3.62. The molecule has 6 heteroatoms. The lowest BCUT2D eigenvalue weighted by molar-refractivity contribution is 0.0951. The molecule has 2 aromatic carbocycles. The van der Waals surface area contributed by atoms with Gasteiger partial charge < -0.3 is 5.32 Å². The molecule has 0 spiro atoms. The van der Waals surface area contributed by atoms with Crippen LogP contribution in [0.1, 0.15) is 28.8 Å². The van der Waals surface area contributed by atoms with E-state index in [1.54, 1.807) is 48.5 Å². The van der Waals surface area contributed by atoms with E-state index in [0.717, 1.165) is 18.4 Å². The van der Waals surface area contributed by atoms with Gasteiger partial charge in [-0.2, -0.15) is 0 Å². The molecule has 2 N–H and O–H groups in total. The van der Waals surface area contributed by atoms with Crippen LogP contribution >= 0.6 is 0 Å². The molecule has 0 radical (unpaired) electrons. The summed E-state index contributed by atoms with van der Waals surface area (Å²) >= 11 is 0. The minimum Gasteiger partial charge on any atom is -0.349 e. The smallest absolute Gasteiger partial charge is 0.261 e. The maximum atomic E-state index is 12.3. The standard InChI is InChI=1S/C17H18N2O3S/c1-12-2-10-16(11-3-12)23(21,22)19-15-6-4-13(5-7-15)17(20)18-14-8-9-14/h2-7,10-11,14,19H,8-9H2,1H3,(H,18,20). The monoisotopic (exact) mass is 330 g/mol. The van der Waals surface area contributed by atoms with Gasteiger partial charge in [0.2, 0.25) is 0 Å². The van der Waals surface area contributed by atoms with E-state index in [1.165, 1.54) is 0 Å². The number of benzene rings is 2. The average molecular weight is 330 g/mol. The maximum Gasteiger partial charge on any atom is 0.261 e. The third-order valence-corrected chi connectivity index (χ3v) is 5.04. The van der Waals surface area contributed by atoms with Crippen LogP contribution in [0.3, 0.4) is 0 Å². The second-order valence-corrected chi connectivity index (χ2v) is 7.43. The number of carbonyl (C=O) groups excluding carboxylic acids is 1. The van der Waals surface area contributed by atoms with Gasteiger partial charge in [0.25, 0.3) is 15.9 Å². The third-order valence-electron chi connectivity index (χ3n) is 3.64. The molecule has 1 aliphatic rings. The normalized spacial score (nSPS) is 14.3. The van der Waals surface area contributed by atoms with E-state index in [-0.39, 0.29) is 10.8 Å². The highest BCUT2D eigenvalue weighted by molar-refractivity contribution is 7.92. The van der Waals surface area contributed by atoms with Gasteiger partial charge >= 0.3 is 0 Å². The average Bonchev–Trinajstić information content (AvgIpc) is 3.32. The number of rotatable bonds is 5. The molecule has 0 bridgehead atoms. The molecule has 0 unspecified atom stereocenters. The van der Waals surface area contributed by atoms with Crippen LogP contribution in [0.15, 0.2) is 53.4 Å². The van der Waals surface area contributed by atoms with Crippen LogP contribution < -0.4 is 10.0 Å². The SMILES string of the molecule is Cc1ccc(S(=O)(=O)Nc2ccc(C(=O)NC3CC3)cc2)cc1. The Labute approximate surface area is 135 Å². The molecule has 0 heterocycles. The quantitative estimate of drug-likeness (QED) is 0.885. The third kappa shape index (κ3) is 3.90. The number of carbonyl (C=O) groups is 1. The molecule has 120 valence electrons. The first-order valence-corrected chi connectivity index (χ1v) is 8.93. The predicted molar refractivity (Wildman–Crippen MR) is 88.9 cm³/mol. The van der Waals surface area contributed by atoms with Crippen LogP contribution in [0.4, 0.5) is 5.69 Å². The summed E-state index contributed by atoms with van der Waals surface area (Å²) in [6, 6.07) is 13.3. The van der Waals surface area contributed by atoms with E-state index >= 15 is 0 Å². The Morgan fingerprint density at radius 2 is 1.61 bits per heavy atom. The predicted octanol–water partition coefficient (Wildman–Crippen LogP) is 2.69. The topological polar surface area (TPSA) is 75.3 Å². The van der Waals surface area contributed by atoms with E-state index in [9.17, 15) is 13.2 Å². The zero-order valence-corrected chi connectivity index (χ0v) is 13.6. The fraction of sp³-hybridized carbons (Fsp3) is 0.235. The molecule has 5 nitrogen and oxygen atoms in total. The summed E-state index contributed by atoms with van der Waals surface area (Å²) in [7, 11) is -3.62. The largest absolute Gasteiger partial charge is 0.349 e. The first kappa shape index (κ1) is 15.6. The molecule has 1 amide bonds. The molecule has 2 aromatic rings. The van der Waals surface area contributed by atoms with E-state index in [0.29, 0.717) is 17.3 Å². The second-order valence-electron chi connectivity index (χ2n) is 5.74. The number of anilines is 1. The van der Waals surface area contributed by atoms with Gasteiger partial charge in [-0.15, -0.1) is 0 Å². The number of sulfonamides is 1. The molecule has 23 heavy (non-hydrogen) atoms. The first-order valence-electron chi connectivity index (χ1n) is 7.44. The van der Waals surface area contributed by atoms with Crippen molar-refractivity contribution in [1.29, 1.82) is 0 Å². The van der Waals surface area contributed by atoms with Crippen LogP contribution in [0.25, 0.3) is 0 Å². The Morgan fingerprint density at radius 1 is 1.00 bits per heavy atom. The highest BCUT2D eigenvalue weighted by Gasteiger charge is 2.23. The minimum absolute atomic E-state index is 0.125. The van der Waals surface area contributed by atoms with Crippen molar-refractivity contribution >= 4 is 21.6 Å². The van der Waals surface area contributed by atoms with Gasteiger partial charge in [0.15, 0.2) is 0 Å². The van der Waals surface area contributed by atoms with E-state index in [4.69, 9.17) is 0 Å². The van der Waals surface area contributed by atoms with Crippen molar-refractivity contribution in [3.63, 3.8) is 0 Å². The van der Waals surface area contributed by atoms with E-state index < -0.39 is 10.0 Å². The molecular formula is C17H18N2O3S. The molecule has 1 aliphatic carbocycles. The van der Waals surface area contributed by atoms with E-state index in [1.807, 2.05) is 6.92 Å². The molecule has 0 aromatic heterocycles. The van der Waals surface area contributed by atoms with Gasteiger partial charge in [0, 0.05) is 17.3 Å². The number of nitrogens with one attached hydrogen (secondary N) is 2. The van der Waals surface area contributed by atoms with Gasteiger partial charge in [0.1, 0.15) is 0 Å². The Kier molecular flexibility index (Phi) is 4.09. The van der Waals surface area contributed by atoms with Crippen molar-refractivity contribution < 1.29 is 13.2 Å². The Hall–Kier alpha value is -2.34. The van der Waals surface area contributed by atoms with Crippen molar-refractivity contribution in [1.82, 2.24) is 5.32 Å². The first-order chi connectivity index (χ1) is 10.9. The second kappa shape index (κ2) is 6.04. The Morgan fingerprint density at radius 3 is 2.17 bits per heavy atom. The van der Waals surface area contributed by atoms with Gasteiger partial charge in [-0.3, -0.25) is 9.52 Å². The van der Waals surface area contributed by atoms with Crippen LogP contribution in [0, 0.1) is 6.92 Å². The lowest BCUT2D eigenvalue weighted by atomic mass is 10.2. The van der Waals surface area contributed by atoms with Crippen molar-refractivity contribution in [2.75, 3.05) is 4.72 Å². The number of hydrogen-bond acceptors (Lipinski definition) is 3. The Balaban J connectivity index is 1.71. The fourth-order valence-corrected chi connectivity index (χ4v) is 3.18. The lowest BCUT2D eigenvalue weighted by Crippen LogP contribution is -2.25. The van der Waals surface area contributed by atoms with Crippen LogP contribution in [0.2, 0.25) is 0 Å². The van der Waals surface area contributed by atoms with Crippen molar-refractivity contribution in [2.24, 2.45) is 0 Å². The molecule has 1 fully saturated rings. The number of amides is 1. The highest BCUT2D eigenvalue weighted by atomic mass is 32.2. The molecule has 1 saturated carbocycles. The summed E-state index contributed by atoms with van der Waals surface area (Å²) < 4.78 is 27.1. The molecule has 3 rings (SSSR count). The summed E-state index contributed by atoms with van der Waals surface area (Å²) in [5, 5.41) is 2.89. The number of aryl methyl sites for hydroxylation is 1. The molecular weight excluding hydrogens is 312 g/mol. The van der Waals surface area contributed by atoms with Crippen molar-refractivity contribution in [3.05, 3.63) is 59.7 Å². The fourth-order valence-electron chi connectivity index (χ4n) is 2.12. The molecule has 0 saturated heterocycles. The van der Waals surface area contributed by atoms with Crippen molar-refractivity contribution in [2.45, 2.75) is 30.7 Å². The molecule has 0 aliphatic heterocycles. The van der Waals surface area contributed by atoms with E-state index in [2.05, 4.69) is 10.0 Å².